The lowest BCUT2D eigenvalue weighted by atomic mass is 10.1. The molecule has 1 aromatic heterocycles. The maximum Gasteiger partial charge on any atom is 0.265 e. The molecule has 0 saturated heterocycles. The number of sulfonamides is 1. The number of hydrogen-bond acceptors (Lipinski definition) is 4. The van der Waals surface area contributed by atoms with Crippen molar-refractivity contribution in [2.45, 2.75) is 24.2 Å². The van der Waals surface area contributed by atoms with Crippen molar-refractivity contribution in [1.82, 2.24) is 4.98 Å². The van der Waals surface area contributed by atoms with E-state index in [2.05, 4.69) is 9.71 Å². The molecule has 0 saturated carbocycles. The van der Waals surface area contributed by atoms with Gasteiger partial charge in [-0.2, -0.15) is 0 Å². The monoisotopic (exact) mass is 289 g/mol. The van der Waals surface area contributed by atoms with Crippen LogP contribution in [0, 0.1) is 0 Å². The Morgan fingerprint density at radius 1 is 1.15 bits per heavy atom. The van der Waals surface area contributed by atoms with Crippen molar-refractivity contribution >= 4 is 21.4 Å². The first-order chi connectivity index (χ1) is 9.56. The third kappa shape index (κ3) is 2.34. The molecule has 5 nitrogen and oxygen atoms in total. The number of nitrogens with one attached hydrogen (secondary N) is 1. The van der Waals surface area contributed by atoms with Crippen molar-refractivity contribution in [3.05, 3.63) is 47.8 Å². The zero-order valence-corrected chi connectivity index (χ0v) is 11.7. The van der Waals surface area contributed by atoms with Crippen LogP contribution in [0.15, 0.2) is 41.6 Å². The largest absolute Gasteiger partial charge is 0.398 e. The van der Waals surface area contributed by atoms with Gasteiger partial charge in [-0.15, -0.1) is 0 Å². The molecule has 0 spiro atoms. The quantitative estimate of drug-likeness (QED) is 0.904. The van der Waals surface area contributed by atoms with Crippen LogP contribution in [0.2, 0.25) is 0 Å². The van der Waals surface area contributed by atoms with Crippen LogP contribution in [-0.2, 0) is 22.9 Å². The summed E-state index contributed by atoms with van der Waals surface area (Å²) in [5, 5.41) is 0. The second-order valence-electron chi connectivity index (χ2n) is 4.86. The van der Waals surface area contributed by atoms with Crippen molar-refractivity contribution in [3.63, 3.8) is 0 Å². The number of pyridine rings is 1. The third-order valence-electron chi connectivity index (χ3n) is 3.46. The number of anilines is 2. The average molecular weight is 289 g/mol. The minimum Gasteiger partial charge on any atom is -0.398 e. The van der Waals surface area contributed by atoms with Gasteiger partial charge in [0.2, 0.25) is 0 Å². The highest BCUT2D eigenvalue weighted by molar-refractivity contribution is 7.92. The summed E-state index contributed by atoms with van der Waals surface area (Å²) in [6.45, 7) is 0. The van der Waals surface area contributed by atoms with Crippen LogP contribution in [-0.4, -0.2) is 13.4 Å². The second kappa shape index (κ2) is 4.79. The molecular weight excluding hydrogens is 274 g/mol. The van der Waals surface area contributed by atoms with Gasteiger partial charge in [-0.3, -0.25) is 9.71 Å². The molecule has 1 aromatic carbocycles. The summed E-state index contributed by atoms with van der Waals surface area (Å²) in [6, 6.07) is 7.13. The average Bonchev–Trinajstić information content (AvgIpc) is 2.86. The molecule has 1 aliphatic rings. The second-order valence-corrected chi connectivity index (χ2v) is 6.51. The molecule has 6 heteroatoms. The van der Waals surface area contributed by atoms with Crippen LogP contribution in [0.4, 0.5) is 11.4 Å². The number of nitrogens with two attached hydrogens (primary N) is 1. The molecular formula is C14H15N3O2S. The Labute approximate surface area is 117 Å². The SMILES string of the molecule is Nc1ccncc1S(=O)(=O)Nc1ccc2c(c1)CCC2. The zero-order chi connectivity index (χ0) is 14.2. The molecule has 0 aliphatic heterocycles. The molecule has 20 heavy (non-hydrogen) atoms. The molecule has 0 atom stereocenters. The van der Waals surface area contributed by atoms with Gasteiger partial charge in [-0.05, 0) is 48.6 Å². The number of benzene rings is 1. The summed E-state index contributed by atoms with van der Waals surface area (Å²) < 4.78 is 27.1. The predicted molar refractivity (Wildman–Crippen MR) is 77.9 cm³/mol. The Morgan fingerprint density at radius 2 is 1.95 bits per heavy atom. The molecule has 1 aliphatic carbocycles. The molecule has 3 N–H and O–H groups in total. The fourth-order valence-electron chi connectivity index (χ4n) is 2.46. The van der Waals surface area contributed by atoms with Crippen LogP contribution in [0.3, 0.4) is 0 Å². The maximum absolute atomic E-state index is 12.3. The number of fused-ring (bicyclic) bond motifs is 1. The normalized spacial score (nSPS) is 14.0. The minimum absolute atomic E-state index is 0.000462. The summed E-state index contributed by atoms with van der Waals surface area (Å²) in [6.07, 6.45) is 5.91. The van der Waals surface area contributed by atoms with Crippen LogP contribution in [0.5, 0.6) is 0 Å². The van der Waals surface area contributed by atoms with E-state index in [0.29, 0.717) is 5.69 Å². The number of hydrogen-bond donors (Lipinski definition) is 2. The van der Waals surface area contributed by atoms with E-state index in [-0.39, 0.29) is 10.6 Å². The smallest absolute Gasteiger partial charge is 0.265 e. The molecule has 0 radical (unpaired) electrons. The molecule has 2 aromatic rings. The highest BCUT2D eigenvalue weighted by atomic mass is 32.2. The van der Waals surface area contributed by atoms with Crippen molar-refractivity contribution in [2.75, 3.05) is 10.5 Å². The molecule has 0 unspecified atom stereocenters. The zero-order valence-electron chi connectivity index (χ0n) is 10.8. The van der Waals surface area contributed by atoms with E-state index in [1.54, 1.807) is 6.07 Å². The summed E-state index contributed by atoms with van der Waals surface area (Å²) in [7, 11) is -3.70. The van der Waals surface area contributed by atoms with Crippen molar-refractivity contribution in [2.24, 2.45) is 0 Å². The van der Waals surface area contributed by atoms with E-state index < -0.39 is 10.0 Å². The first-order valence-electron chi connectivity index (χ1n) is 6.40. The fraction of sp³-hybridized carbons (Fsp3) is 0.214. The number of nitrogens with zero attached hydrogens (tertiary/aromatic N) is 1. The van der Waals surface area contributed by atoms with E-state index in [0.717, 1.165) is 19.3 Å². The lowest BCUT2D eigenvalue weighted by molar-refractivity contribution is 0.601. The third-order valence-corrected chi connectivity index (χ3v) is 4.88. The standard InChI is InChI=1S/C14H15N3O2S/c15-13-6-7-16-9-14(13)20(18,19)17-12-5-4-10-2-1-3-11(10)8-12/h4-9,17H,1-3H2,(H2,15,16). The van der Waals surface area contributed by atoms with E-state index >= 15 is 0 Å². The fourth-order valence-corrected chi connectivity index (χ4v) is 3.59. The Kier molecular flexibility index (Phi) is 3.10. The Morgan fingerprint density at radius 3 is 2.75 bits per heavy atom. The lowest BCUT2D eigenvalue weighted by Gasteiger charge is -2.10. The van der Waals surface area contributed by atoms with Crippen molar-refractivity contribution in [1.29, 1.82) is 0 Å². The van der Waals surface area contributed by atoms with Gasteiger partial charge in [-0.1, -0.05) is 6.07 Å². The maximum atomic E-state index is 12.3. The first-order valence-corrected chi connectivity index (χ1v) is 7.89. The predicted octanol–water partition coefficient (Wildman–Crippen LogP) is 1.95. The first kappa shape index (κ1) is 12.9. The summed E-state index contributed by atoms with van der Waals surface area (Å²) in [4.78, 5) is 3.81. The van der Waals surface area contributed by atoms with Gasteiger partial charge in [-0.25, -0.2) is 8.42 Å². The summed E-state index contributed by atoms with van der Waals surface area (Å²) >= 11 is 0. The highest BCUT2D eigenvalue weighted by Gasteiger charge is 2.19. The minimum atomic E-state index is -3.70. The van der Waals surface area contributed by atoms with E-state index in [1.807, 2.05) is 12.1 Å². The number of aryl methyl sites for hydroxylation is 2. The van der Waals surface area contributed by atoms with Crippen molar-refractivity contribution in [3.8, 4) is 0 Å². The Hall–Kier alpha value is -2.08. The van der Waals surface area contributed by atoms with E-state index in [4.69, 9.17) is 5.73 Å². The molecule has 0 bridgehead atoms. The van der Waals surface area contributed by atoms with Crippen LogP contribution in [0.1, 0.15) is 17.5 Å². The van der Waals surface area contributed by atoms with Gasteiger partial charge in [0.05, 0.1) is 5.69 Å². The topological polar surface area (TPSA) is 85.1 Å². The molecule has 104 valence electrons. The van der Waals surface area contributed by atoms with Gasteiger partial charge in [0.1, 0.15) is 4.90 Å². The van der Waals surface area contributed by atoms with Crippen LogP contribution < -0.4 is 10.5 Å². The van der Waals surface area contributed by atoms with E-state index in [1.165, 1.54) is 29.6 Å². The molecule has 0 amide bonds. The number of aromatic nitrogens is 1. The summed E-state index contributed by atoms with van der Waals surface area (Å²) in [5.74, 6) is 0. The molecule has 3 rings (SSSR count). The van der Waals surface area contributed by atoms with Crippen molar-refractivity contribution < 1.29 is 8.42 Å². The number of rotatable bonds is 3. The van der Waals surface area contributed by atoms with Crippen LogP contribution in [0.25, 0.3) is 0 Å². The van der Waals surface area contributed by atoms with Crippen LogP contribution >= 0.6 is 0 Å². The van der Waals surface area contributed by atoms with Gasteiger partial charge in [0.25, 0.3) is 10.0 Å². The van der Waals surface area contributed by atoms with Gasteiger partial charge >= 0.3 is 0 Å². The highest BCUT2D eigenvalue weighted by Crippen LogP contribution is 2.27. The molecule has 0 fully saturated rings. The summed E-state index contributed by atoms with van der Waals surface area (Å²) in [5.41, 5.74) is 8.96. The van der Waals surface area contributed by atoms with Gasteiger partial charge < -0.3 is 5.73 Å². The van der Waals surface area contributed by atoms with E-state index in [9.17, 15) is 8.42 Å². The van der Waals surface area contributed by atoms with Gasteiger partial charge in [0.15, 0.2) is 0 Å². The number of nitrogen functional groups attached to an aromatic ring is 1. The Bertz CT molecular complexity index is 757. The Balaban J connectivity index is 1.93. The lowest BCUT2D eigenvalue weighted by Crippen LogP contribution is -2.15. The molecule has 1 heterocycles. The van der Waals surface area contributed by atoms with Gasteiger partial charge in [0, 0.05) is 18.1 Å².